The number of fused-ring (bicyclic) bond motifs is 1. The molecule has 0 aromatic carbocycles. The fourth-order valence-electron chi connectivity index (χ4n) is 8.87. The highest BCUT2D eigenvalue weighted by molar-refractivity contribution is 5.83. The zero-order valence-corrected chi connectivity index (χ0v) is 33.0. The average Bonchev–Trinajstić information content (AvgIpc) is 3.07. The zero-order chi connectivity index (χ0) is 39.3. The number of ketones is 1. The molecule has 4 saturated heterocycles. The lowest BCUT2D eigenvalue weighted by Crippen LogP contribution is -2.67. The van der Waals surface area contributed by atoms with E-state index in [1.807, 2.05) is 25.9 Å². The summed E-state index contributed by atoms with van der Waals surface area (Å²) in [5.41, 5.74) is -5.03. The Balaban J connectivity index is 1.86. The van der Waals surface area contributed by atoms with E-state index in [-0.39, 0.29) is 38.0 Å². The molecule has 0 aliphatic carbocycles. The summed E-state index contributed by atoms with van der Waals surface area (Å²) in [5.74, 6) is -7.05. The van der Waals surface area contributed by atoms with E-state index in [0.717, 1.165) is 0 Å². The molecule has 1 spiro atoms. The van der Waals surface area contributed by atoms with E-state index in [9.17, 15) is 35.1 Å². The first kappa shape index (κ1) is 43.4. The first-order chi connectivity index (χ1) is 23.9. The Morgan fingerprint density at radius 2 is 1.60 bits per heavy atom. The van der Waals surface area contributed by atoms with Crippen molar-refractivity contribution < 1.29 is 68.3 Å². The molecular formula is C37H65NO14. The molecule has 4 heterocycles. The van der Waals surface area contributed by atoms with E-state index in [1.54, 1.807) is 34.6 Å². The van der Waals surface area contributed by atoms with Gasteiger partial charge in [0, 0.05) is 30.9 Å². The van der Waals surface area contributed by atoms with Crippen LogP contribution in [0.1, 0.15) is 88.0 Å². The molecule has 5 N–H and O–H groups in total. The van der Waals surface area contributed by atoms with Crippen molar-refractivity contribution in [1.29, 1.82) is 0 Å². The summed E-state index contributed by atoms with van der Waals surface area (Å²) in [4.78, 5) is 30.0. The normalized spacial score (nSPS) is 51.5. The van der Waals surface area contributed by atoms with Crippen LogP contribution < -0.4 is 0 Å². The number of likely N-dealkylation sites (N-methyl/N-ethyl adjacent to an activating group) is 1. The number of Topliss-reactive ketones (excluding diaryl/α,β-unsaturated/α-hetero) is 1. The van der Waals surface area contributed by atoms with Gasteiger partial charge >= 0.3 is 5.97 Å². The van der Waals surface area contributed by atoms with E-state index < -0.39 is 107 Å². The highest BCUT2D eigenvalue weighted by atomic mass is 16.9. The van der Waals surface area contributed by atoms with Crippen LogP contribution in [-0.4, -0.2) is 154 Å². The Morgan fingerprint density at radius 3 is 2.17 bits per heavy atom. The second-order valence-corrected chi connectivity index (χ2v) is 16.8. The standard InChI is InChI=1S/C37H65NO14/c1-13-25-36(9,45)29(41)20(4)26(39)18(2)15-34(7,44)31(50-33-27(40)24(38(10)11)14-19(3)48-33)21(5)28-23(32(43)49-25)16-47-37(52-28)17-35(8,46-12)30(42)22(6)51-37/h18-25,27-31,33,40-42,44-45H,13-17H2,1-12H3/t18-,19?,20-,21+,22?,23?,24?,25-,27?,28?,29+,30?,31?,33?,34+,35?,36?,37-/m0/s1. The van der Waals surface area contributed by atoms with Crippen LogP contribution in [0.5, 0.6) is 0 Å². The minimum Gasteiger partial charge on any atom is -0.459 e. The largest absolute Gasteiger partial charge is 0.459 e. The number of esters is 1. The summed E-state index contributed by atoms with van der Waals surface area (Å²) in [6.45, 7) is 14.3. The van der Waals surface area contributed by atoms with Crippen LogP contribution in [0.2, 0.25) is 0 Å². The maximum absolute atomic E-state index is 14.2. The Kier molecular flexibility index (Phi) is 13.4. The lowest BCUT2D eigenvalue weighted by molar-refractivity contribution is -0.474. The maximum atomic E-state index is 14.2. The van der Waals surface area contributed by atoms with Crippen molar-refractivity contribution in [2.75, 3.05) is 27.8 Å². The number of rotatable bonds is 5. The molecule has 0 amide bonds. The highest BCUT2D eigenvalue weighted by Gasteiger charge is 2.61. The molecule has 52 heavy (non-hydrogen) atoms. The number of hydrogen-bond acceptors (Lipinski definition) is 15. The third-order valence-corrected chi connectivity index (χ3v) is 12.1. The van der Waals surface area contributed by atoms with Crippen LogP contribution in [0.25, 0.3) is 0 Å². The number of ether oxygens (including phenoxy) is 7. The van der Waals surface area contributed by atoms with Crippen LogP contribution >= 0.6 is 0 Å². The summed E-state index contributed by atoms with van der Waals surface area (Å²) in [6, 6.07) is -0.338. The summed E-state index contributed by atoms with van der Waals surface area (Å²) >= 11 is 0. The molecule has 0 aromatic rings. The van der Waals surface area contributed by atoms with Crippen LogP contribution in [0, 0.1) is 23.7 Å². The van der Waals surface area contributed by atoms with E-state index in [2.05, 4.69) is 0 Å². The molecule has 302 valence electrons. The first-order valence-electron chi connectivity index (χ1n) is 18.7. The van der Waals surface area contributed by atoms with Crippen LogP contribution in [0.4, 0.5) is 0 Å². The van der Waals surface area contributed by atoms with Gasteiger partial charge in [-0.3, -0.25) is 9.59 Å². The Hall–Kier alpha value is -1.34. The Morgan fingerprint density at radius 1 is 0.962 bits per heavy atom. The molecular weight excluding hydrogens is 682 g/mol. The highest BCUT2D eigenvalue weighted by Crippen LogP contribution is 2.47. The SMILES string of the molecule is CC[C@@H]1OC(=O)C2CO[C@]3(CC(C)(OC)C(O)C(C)O3)OC2[C@@H](C)C(OC2OC(C)CC(N(C)C)C2O)[C@](C)(O)C[C@H](C)C(=O)[C@H](C)[C@@H](O)C1(C)O. The van der Waals surface area contributed by atoms with Gasteiger partial charge in [-0.15, -0.1) is 0 Å². The number of hydrogen-bond donors (Lipinski definition) is 5. The zero-order valence-electron chi connectivity index (χ0n) is 33.0. The second kappa shape index (κ2) is 16.0. The molecule has 15 nitrogen and oxygen atoms in total. The van der Waals surface area contributed by atoms with Gasteiger partial charge in [0.25, 0.3) is 5.97 Å². The van der Waals surface area contributed by atoms with E-state index in [4.69, 9.17) is 33.2 Å². The molecule has 15 heteroatoms. The van der Waals surface area contributed by atoms with Crippen LogP contribution in [0.15, 0.2) is 0 Å². The van der Waals surface area contributed by atoms with Crippen LogP contribution in [0.3, 0.4) is 0 Å². The minimum atomic E-state index is -2.03. The van der Waals surface area contributed by atoms with E-state index >= 15 is 0 Å². The van der Waals surface area contributed by atoms with Crippen molar-refractivity contribution in [3.63, 3.8) is 0 Å². The molecule has 4 rings (SSSR count). The molecule has 18 atom stereocenters. The summed E-state index contributed by atoms with van der Waals surface area (Å²) in [7, 11) is 5.14. The number of carbonyl (C=O) groups is 2. The molecule has 4 fully saturated rings. The van der Waals surface area contributed by atoms with E-state index in [0.29, 0.717) is 6.42 Å². The second-order valence-electron chi connectivity index (χ2n) is 16.8. The predicted molar refractivity (Wildman–Crippen MR) is 185 cm³/mol. The molecule has 0 aromatic heterocycles. The van der Waals surface area contributed by atoms with Gasteiger partial charge in [0.05, 0.1) is 49.1 Å². The maximum Gasteiger partial charge on any atom is 0.314 e. The van der Waals surface area contributed by atoms with Crippen molar-refractivity contribution in [2.45, 2.75) is 172 Å². The summed E-state index contributed by atoms with van der Waals surface area (Å²) in [5, 5.41) is 57.9. The smallest absolute Gasteiger partial charge is 0.314 e. The van der Waals surface area contributed by atoms with Gasteiger partial charge < -0.3 is 63.6 Å². The number of aliphatic hydroxyl groups is 5. The quantitative estimate of drug-likeness (QED) is 0.250. The number of methoxy groups -OCH3 is 1. The van der Waals surface area contributed by atoms with Crippen LogP contribution in [-0.2, 0) is 42.7 Å². The summed E-state index contributed by atoms with van der Waals surface area (Å²) in [6.07, 6.45) is -9.39. The topological polar surface area (TPSA) is 203 Å². The van der Waals surface area contributed by atoms with Crippen molar-refractivity contribution in [1.82, 2.24) is 4.90 Å². The molecule has 4 aliphatic heterocycles. The van der Waals surface area contributed by atoms with Crippen molar-refractivity contribution in [3.8, 4) is 0 Å². The van der Waals surface area contributed by atoms with Gasteiger partial charge in [-0.25, -0.2) is 0 Å². The fourth-order valence-corrected chi connectivity index (χ4v) is 8.87. The van der Waals surface area contributed by atoms with Gasteiger partial charge in [0.1, 0.15) is 41.2 Å². The van der Waals surface area contributed by atoms with Gasteiger partial charge in [0.2, 0.25) is 0 Å². The van der Waals surface area contributed by atoms with Gasteiger partial charge in [-0.05, 0) is 68.0 Å². The molecule has 4 aliphatic rings. The Labute approximate surface area is 308 Å². The Bertz CT molecular complexity index is 1250. The third-order valence-electron chi connectivity index (χ3n) is 12.1. The van der Waals surface area contributed by atoms with E-state index in [1.165, 1.54) is 27.9 Å². The van der Waals surface area contributed by atoms with Crippen molar-refractivity contribution >= 4 is 11.8 Å². The summed E-state index contributed by atoms with van der Waals surface area (Å²) < 4.78 is 43.5. The number of nitrogens with zero attached hydrogens (tertiary/aromatic N) is 1. The number of cyclic esters (lactones) is 1. The van der Waals surface area contributed by atoms with Gasteiger partial charge in [-0.2, -0.15) is 0 Å². The number of carbonyl (C=O) groups excluding carboxylic acids is 2. The minimum absolute atomic E-state index is 0.0939. The average molecular weight is 748 g/mol. The molecule has 0 radical (unpaired) electrons. The predicted octanol–water partition coefficient (Wildman–Crippen LogP) is 1.12. The van der Waals surface area contributed by atoms with Crippen molar-refractivity contribution in [3.05, 3.63) is 0 Å². The first-order valence-corrected chi connectivity index (χ1v) is 18.7. The molecule has 0 bridgehead atoms. The molecule has 11 unspecified atom stereocenters. The monoisotopic (exact) mass is 747 g/mol. The third kappa shape index (κ3) is 8.41. The lowest BCUT2D eigenvalue weighted by atomic mass is 9.73. The van der Waals surface area contributed by atoms with Gasteiger partial charge in [-0.1, -0.05) is 27.7 Å². The number of aliphatic hydroxyl groups excluding tert-OH is 3. The lowest BCUT2D eigenvalue weighted by Gasteiger charge is -2.55. The fraction of sp³-hybridized carbons (Fsp3) is 0.946. The van der Waals surface area contributed by atoms with Gasteiger partial charge in [0.15, 0.2) is 6.29 Å². The molecule has 0 saturated carbocycles. The van der Waals surface area contributed by atoms with Crippen molar-refractivity contribution in [2.24, 2.45) is 23.7 Å².